The Labute approximate surface area is 107 Å². The lowest BCUT2D eigenvalue weighted by Crippen LogP contribution is -2.41. The average Bonchev–Trinajstić information content (AvgIpc) is 2.34. The first kappa shape index (κ1) is 14.6. The van der Waals surface area contributed by atoms with Crippen LogP contribution in [0.2, 0.25) is 0 Å². The van der Waals surface area contributed by atoms with Gasteiger partial charge in [-0.25, -0.2) is 0 Å². The lowest BCUT2D eigenvalue weighted by molar-refractivity contribution is 0.0243. The van der Waals surface area contributed by atoms with E-state index in [0.29, 0.717) is 24.3 Å². The molecule has 0 bridgehead atoms. The van der Waals surface area contributed by atoms with Crippen molar-refractivity contribution in [2.45, 2.75) is 25.9 Å². The molecule has 0 saturated heterocycles. The number of carbonyl (C=O) groups is 1. The van der Waals surface area contributed by atoms with Gasteiger partial charge in [0.2, 0.25) is 0 Å². The van der Waals surface area contributed by atoms with Crippen LogP contribution in [0.25, 0.3) is 0 Å². The van der Waals surface area contributed by atoms with E-state index in [1.807, 2.05) is 0 Å². The van der Waals surface area contributed by atoms with Crippen molar-refractivity contribution < 1.29 is 14.6 Å². The smallest absolute Gasteiger partial charge is 0.253 e. The molecule has 5 heteroatoms. The van der Waals surface area contributed by atoms with Crippen LogP contribution < -0.4 is 5.32 Å². The number of aryl methyl sites for hydroxylation is 1. The highest BCUT2D eigenvalue weighted by Crippen LogP contribution is 2.09. The lowest BCUT2D eigenvalue weighted by Gasteiger charge is -2.23. The predicted molar refractivity (Wildman–Crippen MR) is 68.4 cm³/mol. The van der Waals surface area contributed by atoms with Crippen molar-refractivity contribution in [2.24, 2.45) is 0 Å². The number of methoxy groups -OCH3 is 1. The number of hydrogen-bond donors (Lipinski definition) is 2. The summed E-state index contributed by atoms with van der Waals surface area (Å²) in [5.41, 5.74) is 0.230. The number of aromatic nitrogens is 1. The van der Waals surface area contributed by atoms with E-state index >= 15 is 0 Å². The second kappa shape index (κ2) is 6.47. The first-order valence-electron chi connectivity index (χ1n) is 5.87. The van der Waals surface area contributed by atoms with Crippen LogP contribution in [-0.2, 0) is 4.74 Å². The van der Waals surface area contributed by atoms with Gasteiger partial charge < -0.3 is 15.2 Å². The summed E-state index contributed by atoms with van der Waals surface area (Å²) in [7, 11) is 1.58. The normalized spacial score (nSPS) is 14.0. The Balaban J connectivity index is 2.54. The Bertz CT molecular complexity index is 405. The molecule has 1 rings (SSSR count). The minimum atomic E-state index is -0.970. The van der Waals surface area contributed by atoms with Crippen LogP contribution in [-0.4, -0.2) is 41.9 Å². The molecule has 18 heavy (non-hydrogen) atoms. The molecule has 0 spiro atoms. The van der Waals surface area contributed by atoms with E-state index in [0.717, 1.165) is 0 Å². The van der Waals surface area contributed by atoms with Crippen LogP contribution in [0.15, 0.2) is 18.3 Å². The zero-order valence-electron chi connectivity index (χ0n) is 11.1. The van der Waals surface area contributed by atoms with Crippen molar-refractivity contribution >= 4 is 5.91 Å². The Kier molecular flexibility index (Phi) is 5.25. The molecule has 0 aliphatic rings. The number of rotatable bonds is 6. The highest BCUT2D eigenvalue weighted by Gasteiger charge is 2.21. The maximum atomic E-state index is 11.9. The van der Waals surface area contributed by atoms with Crippen LogP contribution in [0.5, 0.6) is 0 Å². The summed E-state index contributed by atoms with van der Waals surface area (Å²) in [4.78, 5) is 15.9. The lowest BCUT2D eigenvalue weighted by atomic mass is 10.0. The van der Waals surface area contributed by atoms with Gasteiger partial charge in [-0.2, -0.15) is 0 Å². The van der Waals surface area contributed by atoms with Crippen LogP contribution >= 0.6 is 0 Å². The fourth-order valence-corrected chi connectivity index (χ4v) is 1.50. The summed E-state index contributed by atoms with van der Waals surface area (Å²) >= 11 is 0. The summed E-state index contributed by atoms with van der Waals surface area (Å²) in [6, 6.07) is 3.42. The highest BCUT2D eigenvalue weighted by molar-refractivity contribution is 5.95. The third-order valence-electron chi connectivity index (χ3n) is 2.73. The molecule has 0 aromatic carbocycles. The fourth-order valence-electron chi connectivity index (χ4n) is 1.50. The Morgan fingerprint density at radius 1 is 1.61 bits per heavy atom. The molecule has 1 aromatic heterocycles. The maximum absolute atomic E-state index is 11.9. The number of aliphatic hydroxyl groups is 1. The van der Waals surface area contributed by atoms with E-state index in [1.54, 1.807) is 39.3 Å². The topological polar surface area (TPSA) is 71.5 Å². The second-order valence-electron chi connectivity index (χ2n) is 4.56. The minimum Gasteiger partial charge on any atom is -0.388 e. The standard InChI is InChI=1S/C13H20N2O3/c1-10-11(5-4-7-14-10)12(16)15-9-13(2,17)6-8-18-3/h4-5,7,17H,6,8-9H2,1-3H3,(H,15,16). The van der Waals surface area contributed by atoms with Gasteiger partial charge in [-0.05, 0) is 26.0 Å². The van der Waals surface area contributed by atoms with Gasteiger partial charge in [0.05, 0.1) is 11.2 Å². The van der Waals surface area contributed by atoms with E-state index in [9.17, 15) is 9.90 Å². The van der Waals surface area contributed by atoms with Crippen molar-refractivity contribution in [1.29, 1.82) is 0 Å². The number of pyridine rings is 1. The van der Waals surface area contributed by atoms with Crippen LogP contribution in [0.1, 0.15) is 29.4 Å². The molecule has 2 N–H and O–H groups in total. The van der Waals surface area contributed by atoms with E-state index in [4.69, 9.17) is 4.74 Å². The zero-order chi connectivity index (χ0) is 13.6. The summed E-state index contributed by atoms with van der Waals surface area (Å²) in [5, 5.41) is 12.7. The number of nitrogens with zero attached hydrogens (tertiary/aromatic N) is 1. The van der Waals surface area contributed by atoms with Crippen molar-refractivity contribution in [2.75, 3.05) is 20.3 Å². The largest absolute Gasteiger partial charge is 0.388 e. The molecule has 100 valence electrons. The summed E-state index contributed by atoms with van der Waals surface area (Å²) in [6.07, 6.45) is 2.11. The molecule has 0 radical (unpaired) electrons. The number of amides is 1. The predicted octanol–water partition coefficient (Wildman–Crippen LogP) is 0.907. The molecule has 0 aliphatic carbocycles. The van der Waals surface area contributed by atoms with E-state index in [-0.39, 0.29) is 12.5 Å². The van der Waals surface area contributed by atoms with E-state index in [1.165, 1.54) is 0 Å². The molecule has 1 unspecified atom stereocenters. The van der Waals surface area contributed by atoms with Gasteiger partial charge >= 0.3 is 0 Å². The second-order valence-corrected chi connectivity index (χ2v) is 4.56. The first-order chi connectivity index (χ1) is 8.46. The zero-order valence-corrected chi connectivity index (χ0v) is 11.1. The van der Waals surface area contributed by atoms with Crippen molar-refractivity contribution in [3.05, 3.63) is 29.6 Å². The quantitative estimate of drug-likeness (QED) is 0.789. The summed E-state index contributed by atoms with van der Waals surface area (Å²) in [5.74, 6) is -0.224. The highest BCUT2D eigenvalue weighted by atomic mass is 16.5. The molecule has 1 aromatic rings. The van der Waals surface area contributed by atoms with Crippen molar-refractivity contribution in [3.63, 3.8) is 0 Å². The molecule has 1 atom stereocenters. The summed E-state index contributed by atoms with van der Waals surface area (Å²) in [6.45, 7) is 4.08. The molecule has 0 aliphatic heterocycles. The molecule has 5 nitrogen and oxygen atoms in total. The van der Waals surface area contributed by atoms with Crippen molar-refractivity contribution in [3.8, 4) is 0 Å². The monoisotopic (exact) mass is 252 g/mol. The van der Waals surface area contributed by atoms with Crippen molar-refractivity contribution in [1.82, 2.24) is 10.3 Å². The summed E-state index contributed by atoms with van der Waals surface area (Å²) < 4.78 is 4.91. The number of carbonyl (C=O) groups excluding carboxylic acids is 1. The van der Waals surface area contributed by atoms with Gasteiger partial charge in [-0.3, -0.25) is 9.78 Å². The number of hydrogen-bond acceptors (Lipinski definition) is 4. The van der Waals surface area contributed by atoms with Gasteiger partial charge in [-0.15, -0.1) is 0 Å². The molecule has 0 fully saturated rings. The molecular formula is C13H20N2O3. The van der Waals surface area contributed by atoms with E-state index < -0.39 is 5.60 Å². The number of nitrogens with one attached hydrogen (secondary N) is 1. The van der Waals surface area contributed by atoms with Crippen LogP contribution in [0.3, 0.4) is 0 Å². The molecule has 1 heterocycles. The van der Waals surface area contributed by atoms with Gasteiger partial charge in [0, 0.05) is 38.6 Å². The third-order valence-corrected chi connectivity index (χ3v) is 2.73. The first-order valence-corrected chi connectivity index (χ1v) is 5.87. The van der Waals surface area contributed by atoms with Gasteiger partial charge in [0.1, 0.15) is 0 Å². The Morgan fingerprint density at radius 2 is 2.33 bits per heavy atom. The molecular weight excluding hydrogens is 232 g/mol. The number of ether oxygens (including phenoxy) is 1. The Morgan fingerprint density at radius 3 is 2.94 bits per heavy atom. The molecule has 0 saturated carbocycles. The van der Waals surface area contributed by atoms with E-state index in [2.05, 4.69) is 10.3 Å². The SMILES string of the molecule is COCCC(C)(O)CNC(=O)c1cccnc1C. The fraction of sp³-hybridized carbons (Fsp3) is 0.538. The van der Waals surface area contributed by atoms with Gasteiger partial charge in [0.25, 0.3) is 5.91 Å². The maximum Gasteiger partial charge on any atom is 0.253 e. The van der Waals surface area contributed by atoms with Crippen LogP contribution in [0, 0.1) is 6.92 Å². The van der Waals surface area contributed by atoms with Crippen LogP contribution in [0.4, 0.5) is 0 Å². The molecule has 1 amide bonds. The average molecular weight is 252 g/mol. The third kappa shape index (κ3) is 4.43. The van der Waals surface area contributed by atoms with Gasteiger partial charge in [-0.1, -0.05) is 0 Å². The minimum absolute atomic E-state index is 0.184. The Hall–Kier alpha value is -1.46. The van der Waals surface area contributed by atoms with Gasteiger partial charge in [0.15, 0.2) is 0 Å².